The number of carbonyl (C=O) groups is 1. The lowest BCUT2D eigenvalue weighted by Gasteiger charge is -2.13. The lowest BCUT2D eigenvalue weighted by atomic mass is 10.1. The molecule has 0 fully saturated rings. The van der Waals surface area contributed by atoms with Gasteiger partial charge in [0.1, 0.15) is 11.5 Å². The van der Waals surface area contributed by atoms with Crippen LogP contribution in [0, 0.1) is 0 Å². The Hall–Kier alpha value is -1.97. The molecule has 1 atom stereocenters. The molecule has 0 bridgehead atoms. The van der Waals surface area contributed by atoms with Crippen molar-refractivity contribution in [3.63, 3.8) is 0 Å². The highest BCUT2D eigenvalue weighted by atomic mass is 16.5. The third-order valence-electron chi connectivity index (χ3n) is 4.80. The highest BCUT2D eigenvalue weighted by Gasteiger charge is 2.07. The van der Waals surface area contributed by atoms with Crippen LogP contribution >= 0.6 is 0 Å². The summed E-state index contributed by atoms with van der Waals surface area (Å²) in [6, 6.07) is 5.80. The second-order valence-corrected chi connectivity index (χ2v) is 7.51. The van der Waals surface area contributed by atoms with Gasteiger partial charge in [-0.15, -0.1) is 0 Å². The summed E-state index contributed by atoms with van der Waals surface area (Å²) in [5.41, 5.74) is 0.861. The molecule has 0 radical (unpaired) electrons. The lowest BCUT2D eigenvalue weighted by molar-refractivity contribution is -0.142. The van der Waals surface area contributed by atoms with E-state index in [1.54, 1.807) is 6.08 Å². The van der Waals surface area contributed by atoms with Crippen LogP contribution in [0.1, 0.15) is 91.0 Å². The van der Waals surface area contributed by atoms with Crippen molar-refractivity contribution in [2.45, 2.75) is 91.6 Å². The first kappa shape index (κ1) is 25.1. The monoisotopic (exact) mass is 404 g/mol. The second kappa shape index (κ2) is 15.9. The molecule has 0 aliphatic carbocycles. The fourth-order valence-corrected chi connectivity index (χ4v) is 2.78. The van der Waals surface area contributed by atoms with Crippen LogP contribution in [0.2, 0.25) is 0 Å². The van der Waals surface area contributed by atoms with Crippen LogP contribution in [0.4, 0.5) is 0 Å². The molecule has 164 valence electrons. The fraction of sp³-hybridized carbons (Fsp3) is 0.640. The summed E-state index contributed by atoms with van der Waals surface area (Å²) in [4.78, 5) is 11.9. The molecule has 0 aliphatic heterocycles. The van der Waals surface area contributed by atoms with Crippen LogP contribution in [0.3, 0.4) is 0 Å². The zero-order valence-electron chi connectivity index (χ0n) is 18.9. The molecule has 0 heterocycles. The Morgan fingerprint density at radius 1 is 0.931 bits per heavy atom. The first-order chi connectivity index (χ1) is 14.1. The molecule has 29 heavy (non-hydrogen) atoms. The molecule has 0 spiro atoms. The van der Waals surface area contributed by atoms with Crippen molar-refractivity contribution in [2.24, 2.45) is 0 Å². The molecular formula is C25H40O4. The summed E-state index contributed by atoms with van der Waals surface area (Å²) in [6.07, 6.45) is 13.3. The van der Waals surface area contributed by atoms with E-state index in [1.165, 1.54) is 38.2 Å². The quantitative estimate of drug-likeness (QED) is 0.170. The lowest BCUT2D eigenvalue weighted by Crippen LogP contribution is -2.11. The highest BCUT2D eigenvalue weighted by Crippen LogP contribution is 2.27. The van der Waals surface area contributed by atoms with Gasteiger partial charge in [-0.2, -0.15) is 0 Å². The van der Waals surface area contributed by atoms with Crippen molar-refractivity contribution in [3.05, 3.63) is 29.8 Å². The van der Waals surface area contributed by atoms with Crippen LogP contribution in [0.5, 0.6) is 11.5 Å². The summed E-state index contributed by atoms with van der Waals surface area (Å²) < 4.78 is 17.2. The normalized spacial score (nSPS) is 12.1. The van der Waals surface area contributed by atoms with Crippen LogP contribution < -0.4 is 9.47 Å². The first-order valence-corrected chi connectivity index (χ1v) is 11.4. The summed E-state index contributed by atoms with van der Waals surface area (Å²) in [7, 11) is 0. The topological polar surface area (TPSA) is 44.8 Å². The smallest absolute Gasteiger partial charge is 0.331 e. The molecule has 0 amide bonds. The van der Waals surface area contributed by atoms with Crippen molar-refractivity contribution in [1.82, 2.24) is 0 Å². The third kappa shape index (κ3) is 11.6. The Morgan fingerprint density at radius 3 is 2.21 bits per heavy atom. The SMILES string of the molecule is CCCCCCOc1ccc(C=CC(=O)OC(C)CC)c(OCCCCCC)c1. The van der Waals surface area contributed by atoms with Gasteiger partial charge in [0.15, 0.2) is 0 Å². The molecule has 4 nitrogen and oxygen atoms in total. The Bertz CT molecular complexity index is 594. The number of rotatable bonds is 16. The second-order valence-electron chi connectivity index (χ2n) is 7.51. The predicted octanol–water partition coefficient (Wildman–Crippen LogP) is 6.96. The number of hydrogen-bond acceptors (Lipinski definition) is 4. The van der Waals surface area contributed by atoms with Gasteiger partial charge in [-0.05, 0) is 44.4 Å². The van der Waals surface area contributed by atoms with Crippen molar-refractivity contribution in [2.75, 3.05) is 13.2 Å². The molecule has 0 N–H and O–H groups in total. The molecule has 4 heteroatoms. The standard InChI is InChI=1S/C25H40O4/c1-5-8-10-12-18-27-23-16-14-22(15-17-25(26)29-21(4)7-3)24(20-23)28-19-13-11-9-6-2/h14-17,20-21H,5-13,18-19H2,1-4H3. The Morgan fingerprint density at radius 2 is 1.59 bits per heavy atom. The van der Waals surface area contributed by atoms with Crippen LogP contribution in [-0.4, -0.2) is 25.3 Å². The van der Waals surface area contributed by atoms with Crippen LogP contribution in [0.15, 0.2) is 24.3 Å². The number of hydrogen-bond donors (Lipinski definition) is 0. The van der Waals surface area contributed by atoms with Crippen molar-refractivity contribution >= 4 is 12.0 Å². The average Bonchev–Trinajstić information content (AvgIpc) is 2.72. The summed E-state index contributed by atoms with van der Waals surface area (Å²) >= 11 is 0. The van der Waals surface area contributed by atoms with E-state index < -0.39 is 0 Å². The first-order valence-electron chi connectivity index (χ1n) is 11.4. The van der Waals surface area contributed by atoms with Crippen LogP contribution in [0.25, 0.3) is 6.08 Å². The summed E-state index contributed by atoms with van der Waals surface area (Å²) in [5.74, 6) is 1.23. The number of carbonyl (C=O) groups excluding carboxylic acids is 1. The molecule has 0 aliphatic rings. The molecular weight excluding hydrogens is 364 g/mol. The maximum Gasteiger partial charge on any atom is 0.331 e. The van der Waals surface area contributed by atoms with Crippen molar-refractivity contribution in [1.29, 1.82) is 0 Å². The van der Waals surface area contributed by atoms with Gasteiger partial charge in [-0.1, -0.05) is 59.3 Å². The minimum atomic E-state index is -0.329. The number of esters is 1. The number of unbranched alkanes of at least 4 members (excludes halogenated alkanes) is 6. The summed E-state index contributed by atoms with van der Waals surface area (Å²) in [5, 5.41) is 0. The third-order valence-corrected chi connectivity index (χ3v) is 4.80. The van der Waals surface area contributed by atoms with E-state index >= 15 is 0 Å². The van der Waals surface area contributed by atoms with E-state index in [2.05, 4.69) is 13.8 Å². The molecule has 1 aromatic carbocycles. The van der Waals surface area contributed by atoms with E-state index in [9.17, 15) is 4.79 Å². The maximum absolute atomic E-state index is 11.9. The number of benzene rings is 1. The van der Waals surface area contributed by atoms with Gasteiger partial charge in [0, 0.05) is 17.7 Å². The van der Waals surface area contributed by atoms with E-state index in [0.29, 0.717) is 13.2 Å². The Balaban J connectivity index is 2.73. The minimum absolute atomic E-state index is 0.0788. The molecule has 0 aromatic heterocycles. The van der Waals surface area contributed by atoms with Crippen molar-refractivity contribution < 1.29 is 19.0 Å². The summed E-state index contributed by atoms with van der Waals surface area (Å²) in [6.45, 7) is 9.67. The van der Waals surface area contributed by atoms with Gasteiger partial charge < -0.3 is 14.2 Å². The van der Waals surface area contributed by atoms with E-state index in [0.717, 1.165) is 42.7 Å². The van der Waals surface area contributed by atoms with Gasteiger partial charge in [-0.25, -0.2) is 4.79 Å². The maximum atomic E-state index is 11.9. The van der Waals surface area contributed by atoms with Gasteiger partial charge in [0.25, 0.3) is 0 Å². The predicted molar refractivity (Wildman–Crippen MR) is 121 cm³/mol. The largest absolute Gasteiger partial charge is 0.493 e. The zero-order chi connectivity index (χ0) is 21.3. The minimum Gasteiger partial charge on any atom is -0.493 e. The van der Waals surface area contributed by atoms with E-state index in [4.69, 9.17) is 14.2 Å². The van der Waals surface area contributed by atoms with E-state index in [-0.39, 0.29) is 12.1 Å². The highest BCUT2D eigenvalue weighted by molar-refractivity contribution is 5.87. The van der Waals surface area contributed by atoms with E-state index in [1.807, 2.05) is 32.0 Å². The Kier molecular flexibility index (Phi) is 13.7. The average molecular weight is 405 g/mol. The van der Waals surface area contributed by atoms with Crippen molar-refractivity contribution in [3.8, 4) is 11.5 Å². The molecule has 1 aromatic rings. The molecule has 0 saturated carbocycles. The number of ether oxygens (including phenoxy) is 3. The Labute approximate surface area is 177 Å². The molecule has 1 unspecified atom stereocenters. The fourth-order valence-electron chi connectivity index (χ4n) is 2.78. The van der Waals surface area contributed by atoms with Gasteiger partial charge in [-0.3, -0.25) is 0 Å². The van der Waals surface area contributed by atoms with Crippen LogP contribution in [-0.2, 0) is 9.53 Å². The zero-order valence-corrected chi connectivity index (χ0v) is 18.9. The van der Waals surface area contributed by atoms with Gasteiger partial charge >= 0.3 is 5.97 Å². The molecule has 1 rings (SSSR count). The van der Waals surface area contributed by atoms with Gasteiger partial charge in [0.05, 0.1) is 19.3 Å². The van der Waals surface area contributed by atoms with Gasteiger partial charge in [0.2, 0.25) is 0 Å². The molecule has 0 saturated heterocycles.